The van der Waals surface area contributed by atoms with E-state index in [9.17, 15) is 0 Å². The van der Waals surface area contributed by atoms with E-state index in [0.717, 1.165) is 5.56 Å². The molecule has 5 N–H and O–H groups in total. The van der Waals surface area contributed by atoms with Crippen LogP contribution in [0, 0.1) is 5.41 Å². The number of hydrogen-bond acceptors (Lipinski definition) is 2. The quantitative estimate of drug-likeness (QED) is 0.473. The molecule has 3 nitrogen and oxygen atoms in total. The minimum absolute atomic E-state index is 0.0244. The zero-order valence-corrected chi connectivity index (χ0v) is 7.75. The average Bonchev–Trinajstić information content (AvgIpc) is 2.05. The van der Waals surface area contributed by atoms with Crippen molar-refractivity contribution in [3.8, 4) is 0 Å². The standard InChI is InChI=1S/C10H15N3/c1-10(13,9(11)12)7-8-5-3-2-4-6-8/h2-6H,7,13H2,1H3,(H3,11,12)/t10-/m1/s1. The number of nitrogens with one attached hydrogen (secondary N) is 1. The zero-order chi connectivity index (χ0) is 9.90. The molecule has 0 unspecified atom stereocenters. The van der Waals surface area contributed by atoms with Gasteiger partial charge in [-0.1, -0.05) is 30.3 Å². The molecular formula is C10H15N3. The molecule has 0 aliphatic carbocycles. The Morgan fingerprint density at radius 3 is 2.38 bits per heavy atom. The highest BCUT2D eigenvalue weighted by Gasteiger charge is 2.22. The Bertz CT molecular complexity index is 290. The predicted molar refractivity (Wildman–Crippen MR) is 54.7 cm³/mol. The Hall–Kier alpha value is -1.35. The maximum absolute atomic E-state index is 7.30. The van der Waals surface area contributed by atoms with Crippen LogP contribution in [0.1, 0.15) is 12.5 Å². The molecule has 0 amide bonds. The molecule has 0 saturated carbocycles. The number of amidine groups is 1. The number of benzene rings is 1. The minimum atomic E-state index is -0.735. The van der Waals surface area contributed by atoms with Crippen LogP contribution in [0.25, 0.3) is 0 Å². The van der Waals surface area contributed by atoms with Gasteiger partial charge in [-0.05, 0) is 18.9 Å². The normalized spacial score (nSPS) is 14.9. The van der Waals surface area contributed by atoms with Gasteiger partial charge in [0.2, 0.25) is 0 Å². The van der Waals surface area contributed by atoms with Crippen LogP contribution < -0.4 is 11.5 Å². The molecule has 1 aromatic rings. The molecular weight excluding hydrogens is 162 g/mol. The molecule has 1 rings (SSSR count). The van der Waals surface area contributed by atoms with Gasteiger partial charge in [-0.15, -0.1) is 0 Å². The molecule has 0 radical (unpaired) electrons. The molecule has 1 atom stereocenters. The van der Waals surface area contributed by atoms with E-state index in [1.165, 1.54) is 0 Å². The molecule has 0 spiro atoms. The van der Waals surface area contributed by atoms with Crippen LogP contribution in [0.5, 0.6) is 0 Å². The van der Waals surface area contributed by atoms with Gasteiger partial charge < -0.3 is 11.5 Å². The summed E-state index contributed by atoms with van der Waals surface area (Å²) in [5, 5.41) is 7.30. The second-order valence-electron chi connectivity index (χ2n) is 3.49. The molecule has 0 aromatic heterocycles. The first-order valence-corrected chi connectivity index (χ1v) is 4.20. The van der Waals surface area contributed by atoms with Crippen LogP contribution in [-0.2, 0) is 6.42 Å². The van der Waals surface area contributed by atoms with Crippen LogP contribution >= 0.6 is 0 Å². The van der Waals surface area contributed by atoms with Gasteiger partial charge in [-0.2, -0.15) is 0 Å². The summed E-state index contributed by atoms with van der Waals surface area (Å²) in [5.74, 6) is 0.0244. The molecule has 1 aromatic carbocycles. The third kappa shape index (κ3) is 2.56. The van der Waals surface area contributed by atoms with Crippen LogP contribution in [0.4, 0.5) is 0 Å². The summed E-state index contributed by atoms with van der Waals surface area (Å²) in [6.45, 7) is 1.77. The number of rotatable bonds is 3. The van der Waals surface area contributed by atoms with Crippen molar-refractivity contribution >= 4 is 5.84 Å². The topological polar surface area (TPSA) is 75.9 Å². The summed E-state index contributed by atoms with van der Waals surface area (Å²) < 4.78 is 0. The van der Waals surface area contributed by atoms with E-state index in [2.05, 4.69) is 0 Å². The van der Waals surface area contributed by atoms with Crippen molar-refractivity contribution in [3.63, 3.8) is 0 Å². The minimum Gasteiger partial charge on any atom is -0.386 e. The smallest absolute Gasteiger partial charge is 0.111 e. The predicted octanol–water partition coefficient (Wildman–Crippen LogP) is 0.882. The van der Waals surface area contributed by atoms with E-state index in [1.54, 1.807) is 6.92 Å². The van der Waals surface area contributed by atoms with Gasteiger partial charge in [0.05, 0.1) is 5.54 Å². The number of hydrogen-bond donors (Lipinski definition) is 3. The monoisotopic (exact) mass is 177 g/mol. The van der Waals surface area contributed by atoms with E-state index in [-0.39, 0.29) is 5.84 Å². The van der Waals surface area contributed by atoms with E-state index in [1.807, 2.05) is 30.3 Å². The largest absolute Gasteiger partial charge is 0.386 e. The maximum atomic E-state index is 7.30. The summed E-state index contributed by atoms with van der Waals surface area (Å²) in [5.41, 5.74) is 11.6. The van der Waals surface area contributed by atoms with E-state index < -0.39 is 5.54 Å². The molecule has 0 fully saturated rings. The summed E-state index contributed by atoms with van der Waals surface area (Å²) >= 11 is 0. The summed E-state index contributed by atoms with van der Waals surface area (Å²) in [4.78, 5) is 0. The van der Waals surface area contributed by atoms with Crippen molar-refractivity contribution in [3.05, 3.63) is 35.9 Å². The summed E-state index contributed by atoms with van der Waals surface area (Å²) in [6.07, 6.45) is 0.600. The zero-order valence-electron chi connectivity index (χ0n) is 7.75. The highest BCUT2D eigenvalue weighted by Crippen LogP contribution is 2.09. The van der Waals surface area contributed by atoms with Crippen molar-refractivity contribution in [1.82, 2.24) is 0 Å². The summed E-state index contributed by atoms with van der Waals surface area (Å²) in [6, 6.07) is 9.81. The third-order valence-electron chi connectivity index (χ3n) is 2.03. The highest BCUT2D eigenvalue weighted by atomic mass is 14.9. The third-order valence-corrected chi connectivity index (χ3v) is 2.03. The lowest BCUT2D eigenvalue weighted by atomic mass is 9.93. The second-order valence-corrected chi connectivity index (χ2v) is 3.49. The lowest BCUT2D eigenvalue weighted by Gasteiger charge is -2.22. The lowest BCUT2D eigenvalue weighted by Crippen LogP contribution is -2.50. The molecule has 3 heteroatoms. The molecule has 13 heavy (non-hydrogen) atoms. The van der Waals surface area contributed by atoms with Crippen molar-refractivity contribution in [2.24, 2.45) is 11.5 Å². The Labute approximate surface area is 78.3 Å². The Kier molecular flexibility index (Phi) is 2.68. The van der Waals surface area contributed by atoms with Gasteiger partial charge in [0.25, 0.3) is 0 Å². The van der Waals surface area contributed by atoms with Gasteiger partial charge in [0.15, 0.2) is 0 Å². The molecule has 0 bridgehead atoms. The van der Waals surface area contributed by atoms with Crippen LogP contribution in [0.15, 0.2) is 30.3 Å². The van der Waals surface area contributed by atoms with Gasteiger partial charge >= 0.3 is 0 Å². The first-order valence-electron chi connectivity index (χ1n) is 4.20. The van der Waals surface area contributed by atoms with E-state index in [0.29, 0.717) is 6.42 Å². The van der Waals surface area contributed by atoms with Crippen LogP contribution in [-0.4, -0.2) is 11.4 Å². The molecule has 0 aliphatic heterocycles. The van der Waals surface area contributed by atoms with Crippen LogP contribution in [0.2, 0.25) is 0 Å². The second kappa shape index (κ2) is 3.58. The average molecular weight is 177 g/mol. The molecule has 0 saturated heterocycles. The highest BCUT2D eigenvalue weighted by molar-refractivity contribution is 5.86. The van der Waals surface area contributed by atoms with E-state index >= 15 is 0 Å². The van der Waals surface area contributed by atoms with Crippen molar-refractivity contribution < 1.29 is 0 Å². The summed E-state index contributed by atoms with van der Waals surface area (Å²) in [7, 11) is 0. The fraction of sp³-hybridized carbons (Fsp3) is 0.300. The molecule has 0 aliphatic rings. The Balaban J connectivity index is 2.75. The van der Waals surface area contributed by atoms with Gasteiger partial charge in [-0.3, -0.25) is 5.41 Å². The Morgan fingerprint density at radius 1 is 1.38 bits per heavy atom. The maximum Gasteiger partial charge on any atom is 0.111 e. The van der Waals surface area contributed by atoms with Gasteiger partial charge in [0, 0.05) is 0 Å². The fourth-order valence-electron chi connectivity index (χ4n) is 1.12. The van der Waals surface area contributed by atoms with Gasteiger partial charge in [0.1, 0.15) is 5.84 Å². The van der Waals surface area contributed by atoms with Crippen LogP contribution in [0.3, 0.4) is 0 Å². The van der Waals surface area contributed by atoms with Crippen molar-refractivity contribution in [2.45, 2.75) is 18.9 Å². The first-order chi connectivity index (χ1) is 6.02. The lowest BCUT2D eigenvalue weighted by molar-refractivity contribution is 0.612. The fourth-order valence-corrected chi connectivity index (χ4v) is 1.12. The molecule has 0 heterocycles. The van der Waals surface area contributed by atoms with E-state index in [4.69, 9.17) is 16.9 Å². The SMILES string of the molecule is C[C@@](N)(Cc1ccccc1)C(=N)N. The van der Waals surface area contributed by atoms with Gasteiger partial charge in [-0.25, -0.2) is 0 Å². The molecule has 70 valence electrons. The number of nitrogens with two attached hydrogens (primary N) is 2. The van der Waals surface area contributed by atoms with Crippen molar-refractivity contribution in [1.29, 1.82) is 5.41 Å². The first kappa shape index (κ1) is 9.74. The van der Waals surface area contributed by atoms with Crippen molar-refractivity contribution in [2.75, 3.05) is 0 Å². The Morgan fingerprint density at radius 2 is 1.92 bits per heavy atom.